The summed E-state index contributed by atoms with van der Waals surface area (Å²) in [6.45, 7) is 4.99. The summed E-state index contributed by atoms with van der Waals surface area (Å²) in [6.07, 6.45) is 76.7. The van der Waals surface area contributed by atoms with Gasteiger partial charge in [0.25, 0.3) is 0 Å². The number of allylic oxidation sites excluding steroid dienone is 2. The van der Waals surface area contributed by atoms with Gasteiger partial charge >= 0.3 is 5.97 Å². The van der Waals surface area contributed by atoms with Gasteiger partial charge in [-0.15, -0.1) is 0 Å². The Morgan fingerprint density at radius 2 is 0.644 bits per heavy atom. The van der Waals surface area contributed by atoms with E-state index in [9.17, 15) is 19.8 Å². The van der Waals surface area contributed by atoms with E-state index in [1.807, 2.05) is 0 Å². The van der Waals surface area contributed by atoms with Crippen LogP contribution >= 0.6 is 0 Å². The molecule has 0 aliphatic rings. The van der Waals surface area contributed by atoms with Crippen LogP contribution < -0.4 is 5.32 Å². The smallest absolute Gasteiger partial charge is 0.305 e. The Morgan fingerprint density at radius 3 is 0.973 bits per heavy atom. The molecule has 3 N–H and O–H groups in total. The molecule has 434 valence electrons. The third kappa shape index (κ3) is 59.7. The molecule has 73 heavy (non-hydrogen) atoms. The number of amides is 1. The predicted octanol–water partition coefficient (Wildman–Crippen LogP) is 21.2. The van der Waals surface area contributed by atoms with E-state index < -0.39 is 12.1 Å². The highest BCUT2D eigenvalue weighted by Gasteiger charge is 2.20. The van der Waals surface area contributed by atoms with E-state index in [4.69, 9.17) is 4.74 Å². The highest BCUT2D eigenvalue weighted by Crippen LogP contribution is 2.19. The fourth-order valence-electron chi connectivity index (χ4n) is 10.7. The summed E-state index contributed by atoms with van der Waals surface area (Å²) in [5.74, 6) is -0.0216. The molecule has 6 nitrogen and oxygen atoms in total. The maximum Gasteiger partial charge on any atom is 0.305 e. The van der Waals surface area contributed by atoms with E-state index in [-0.39, 0.29) is 18.5 Å². The molecule has 2 unspecified atom stereocenters. The zero-order valence-corrected chi connectivity index (χ0v) is 49.6. The third-order valence-corrected chi connectivity index (χ3v) is 15.8. The van der Waals surface area contributed by atoms with Gasteiger partial charge in [-0.05, 0) is 51.4 Å². The Labute approximate surface area is 457 Å². The number of esters is 1. The van der Waals surface area contributed by atoms with Gasteiger partial charge in [-0.25, -0.2) is 0 Å². The van der Waals surface area contributed by atoms with E-state index in [0.717, 1.165) is 38.5 Å². The number of carbonyl (C=O) groups is 2. The molecule has 2 atom stereocenters. The lowest BCUT2D eigenvalue weighted by Gasteiger charge is -2.22. The average molecular weight is 1030 g/mol. The van der Waals surface area contributed by atoms with Crippen molar-refractivity contribution < 1.29 is 24.5 Å². The Morgan fingerprint density at radius 1 is 0.370 bits per heavy atom. The first-order valence-corrected chi connectivity index (χ1v) is 33.4. The Hall–Kier alpha value is -1.40. The zero-order chi connectivity index (χ0) is 52.9. The molecule has 1 amide bonds. The molecular weight excluding hydrogens is 899 g/mol. The van der Waals surface area contributed by atoms with E-state index in [2.05, 4.69) is 31.3 Å². The number of aliphatic hydroxyl groups is 2. The molecule has 0 aromatic carbocycles. The maximum atomic E-state index is 12.5. The van der Waals surface area contributed by atoms with Gasteiger partial charge in [0, 0.05) is 12.8 Å². The summed E-state index contributed by atoms with van der Waals surface area (Å²) in [4.78, 5) is 24.6. The highest BCUT2D eigenvalue weighted by molar-refractivity contribution is 5.76. The maximum absolute atomic E-state index is 12.5. The number of unbranched alkanes of at least 4 members (excludes halogenated alkanes) is 50. The van der Waals surface area contributed by atoms with E-state index in [1.54, 1.807) is 0 Å². The first-order valence-electron chi connectivity index (χ1n) is 33.4. The highest BCUT2D eigenvalue weighted by atomic mass is 16.5. The van der Waals surface area contributed by atoms with Gasteiger partial charge in [0.05, 0.1) is 25.4 Å². The second kappa shape index (κ2) is 63.1. The van der Waals surface area contributed by atoms with Gasteiger partial charge in [-0.3, -0.25) is 9.59 Å². The lowest BCUT2D eigenvalue weighted by molar-refractivity contribution is -0.143. The van der Waals surface area contributed by atoms with Crippen LogP contribution in [0.25, 0.3) is 0 Å². The molecule has 6 heteroatoms. The van der Waals surface area contributed by atoms with E-state index >= 15 is 0 Å². The minimum Gasteiger partial charge on any atom is -0.466 e. The number of hydrogen-bond acceptors (Lipinski definition) is 5. The van der Waals surface area contributed by atoms with Crippen molar-refractivity contribution in [1.82, 2.24) is 5.32 Å². The van der Waals surface area contributed by atoms with Crippen LogP contribution in [0.3, 0.4) is 0 Å². The summed E-state index contributed by atoms with van der Waals surface area (Å²) in [7, 11) is 0. The van der Waals surface area contributed by atoms with Gasteiger partial charge in [0.2, 0.25) is 5.91 Å². The summed E-state index contributed by atoms with van der Waals surface area (Å²) < 4.78 is 5.50. The van der Waals surface area contributed by atoms with Crippen LogP contribution in [0.4, 0.5) is 0 Å². The van der Waals surface area contributed by atoms with Crippen LogP contribution in [0.2, 0.25) is 0 Å². The van der Waals surface area contributed by atoms with Crippen molar-refractivity contribution in [3.63, 3.8) is 0 Å². The molecule has 0 bridgehead atoms. The fourth-order valence-corrected chi connectivity index (χ4v) is 10.7. The van der Waals surface area contributed by atoms with Crippen molar-refractivity contribution in [2.24, 2.45) is 0 Å². The fraction of sp³-hybridized carbons (Fsp3) is 0.940. The molecule has 0 heterocycles. The second-order valence-corrected chi connectivity index (χ2v) is 23.2. The lowest BCUT2D eigenvalue weighted by atomic mass is 10.0. The summed E-state index contributed by atoms with van der Waals surface area (Å²) in [5, 5.41) is 23.3. The number of carbonyl (C=O) groups excluding carboxylic acids is 2. The molecule has 0 saturated carbocycles. The predicted molar refractivity (Wildman–Crippen MR) is 320 cm³/mol. The van der Waals surface area contributed by atoms with Crippen LogP contribution in [-0.4, -0.2) is 47.4 Å². The monoisotopic (exact) mass is 1030 g/mol. The number of ether oxygens (including phenoxy) is 1. The summed E-state index contributed by atoms with van der Waals surface area (Å²) >= 11 is 0. The van der Waals surface area contributed by atoms with Crippen LogP contribution in [0.5, 0.6) is 0 Å². The molecule has 0 aliphatic heterocycles. The number of rotatable bonds is 63. The molecule has 0 saturated heterocycles. The average Bonchev–Trinajstić information content (AvgIpc) is 3.39. The van der Waals surface area contributed by atoms with Crippen molar-refractivity contribution in [2.75, 3.05) is 13.2 Å². The van der Waals surface area contributed by atoms with Crippen LogP contribution in [-0.2, 0) is 14.3 Å². The largest absolute Gasteiger partial charge is 0.466 e. The first-order chi connectivity index (χ1) is 36.0. The van der Waals surface area contributed by atoms with E-state index in [1.165, 1.54) is 308 Å². The first kappa shape index (κ1) is 71.6. The van der Waals surface area contributed by atoms with Crippen LogP contribution in [0.1, 0.15) is 380 Å². The van der Waals surface area contributed by atoms with Gasteiger partial charge in [-0.1, -0.05) is 328 Å². The van der Waals surface area contributed by atoms with Gasteiger partial charge in [0.15, 0.2) is 0 Å². The van der Waals surface area contributed by atoms with Crippen molar-refractivity contribution in [3.8, 4) is 0 Å². The number of hydrogen-bond donors (Lipinski definition) is 3. The van der Waals surface area contributed by atoms with Crippen LogP contribution in [0, 0.1) is 0 Å². The zero-order valence-electron chi connectivity index (χ0n) is 49.6. The molecule has 0 fully saturated rings. The minimum absolute atomic E-state index is 0.0168. The molecule has 0 aromatic rings. The quantitative estimate of drug-likeness (QED) is 0.0320. The molecule has 0 spiro atoms. The normalized spacial score (nSPS) is 12.5. The Kier molecular flexibility index (Phi) is 61.9. The standard InChI is InChI=1S/C67H131NO5/c1-3-5-7-9-11-13-15-17-19-20-29-33-37-41-45-49-53-57-61-67(72)73-62-58-54-50-46-42-38-34-30-27-25-23-21-22-24-26-28-32-36-40-44-48-52-56-60-66(71)68-64(63-69)65(70)59-55-51-47-43-39-35-31-18-16-14-12-10-8-6-4-2/h24,26,64-65,69-70H,3-23,25,27-63H2,1-2H3,(H,68,71)/b26-24-. The Bertz CT molecular complexity index is 1100. The number of aliphatic hydroxyl groups excluding tert-OH is 2. The van der Waals surface area contributed by atoms with Crippen molar-refractivity contribution >= 4 is 11.9 Å². The summed E-state index contributed by atoms with van der Waals surface area (Å²) in [5.41, 5.74) is 0. The van der Waals surface area contributed by atoms with Crippen molar-refractivity contribution in [1.29, 1.82) is 0 Å². The van der Waals surface area contributed by atoms with Gasteiger partial charge in [0.1, 0.15) is 0 Å². The van der Waals surface area contributed by atoms with Crippen molar-refractivity contribution in [3.05, 3.63) is 12.2 Å². The van der Waals surface area contributed by atoms with Crippen LogP contribution in [0.15, 0.2) is 12.2 Å². The lowest BCUT2D eigenvalue weighted by Crippen LogP contribution is -2.45. The molecule has 0 aromatic heterocycles. The minimum atomic E-state index is -0.667. The molecule has 0 aliphatic carbocycles. The SMILES string of the molecule is CCCCCCCCCCCCCCCCCCCCC(=O)OCCCCCCCCCCCCCC/C=C\CCCCCCCCCC(=O)NC(CO)C(O)CCCCCCCCCCCCCCCCC. The van der Waals surface area contributed by atoms with Gasteiger partial charge in [-0.2, -0.15) is 0 Å². The van der Waals surface area contributed by atoms with Crippen molar-refractivity contribution in [2.45, 2.75) is 392 Å². The molecule has 0 rings (SSSR count). The third-order valence-electron chi connectivity index (χ3n) is 15.8. The second-order valence-electron chi connectivity index (χ2n) is 23.2. The molecule has 0 radical (unpaired) electrons. The Balaban J connectivity index is 3.37. The molecular formula is C67H131NO5. The van der Waals surface area contributed by atoms with E-state index in [0.29, 0.717) is 25.9 Å². The topological polar surface area (TPSA) is 95.9 Å². The number of nitrogens with one attached hydrogen (secondary N) is 1. The van der Waals surface area contributed by atoms with Gasteiger partial charge < -0.3 is 20.3 Å². The summed E-state index contributed by atoms with van der Waals surface area (Å²) in [6, 6.07) is -0.545.